The molecule has 0 unspecified atom stereocenters. The third kappa shape index (κ3) is 3.95. The highest BCUT2D eigenvalue weighted by atomic mass is 35.5. The van der Waals surface area contributed by atoms with Gasteiger partial charge in [0.05, 0.1) is 13.7 Å². The number of hydrogen-bond acceptors (Lipinski definition) is 3. The number of halogens is 1. The van der Waals surface area contributed by atoms with Gasteiger partial charge in [-0.25, -0.2) is 0 Å². The average molecular weight is 256 g/mol. The standard InChI is InChI=1S/C13H18ClNO2/c1-3-4-7-17-13-10(5-6-15)8-11(14)9-12(13)16-2/h3,8-9H,1,4-7,15H2,2H3. The Morgan fingerprint density at radius 3 is 2.82 bits per heavy atom. The summed E-state index contributed by atoms with van der Waals surface area (Å²) in [4.78, 5) is 0. The first-order valence-corrected chi connectivity index (χ1v) is 5.91. The Hall–Kier alpha value is -1.19. The van der Waals surface area contributed by atoms with Crippen molar-refractivity contribution in [3.05, 3.63) is 35.4 Å². The van der Waals surface area contributed by atoms with Crippen molar-refractivity contribution in [3.63, 3.8) is 0 Å². The third-order valence-electron chi connectivity index (χ3n) is 2.30. The van der Waals surface area contributed by atoms with Crippen molar-refractivity contribution in [3.8, 4) is 11.5 Å². The Morgan fingerprint density at radius 1 is 1.47 bits per heavy atom. The summed E-state index contributed by atoms with van der Waals surface area (Å²) in [5, 5.41) is 0.626. The van der Waals surface area contributed by atoms with Gasteiger partial charge in [-0.1, -0.05) is 17.7 Å². The minimum atomic E-state index is 0.543. The lowest BCUT2D eigenvalue weighted by Crippen LogP contribution is -2.07. The van der Waals surface area contributed by atoms with Crippen molar-refractivity contribution in [1.82, 2.24) is 0 Å². The molecule has 0 atom stereocenters. The molecule has 17 heavy (non-hydrogen) atoms. The van der Waals surface area contributed by atoms with Crippen molar-refractivity contribution >= 4 is 11.6 Å². The molecule has 0 heterocycles. The summed E-state index contributed by atoms with van der Waals surface area (Å²) in [7, 11) is 1.60. The van der Waals surface area contributed by atoms with Crippen LogP contribution in [0.15, 0.2) is 24.8 Å². The van der Waals surface area contributed by atoms with Crippen LogP contribution in [0.1, 0.15) is 12.0 Å². The Morgan fingerprint density at radius 2 is 2.24 bits per heavy atom. The van der Waals surface area contributed by atoms with Crippen LogP contribution >= 0.6 is 11.6 Å². The van der Waals surface area contributed by atoms with Crippen LogP contribution in [0.25, 0.3) is 0 Å². The molecule has 0 aliphatic carbocycles. The number of ether oxygens (including phenoxy) is 2. The Balaban J connectivity index is 2.98. The zero-order chi connectivity index (χ0) is 12.7. The average Bonchev–Trinajstić information content (AvgIpc) is 2.31. The quantitative estimate of drug-likeness (QED) is 0.602. The second-order valence-electron chi connectivity index (χ2n) is 3.56. The Kier molecular flexibility index (Phi) is 5.87. The first kappa shape index (κ1) is 13.9. The highest BCUT2D eigenvalue weighted by molar-refractivity contribution is 6.30. The molecule has 4 heteroatoms. The van der Waals surface area contributed by atoms with Gasteiger partial charge >= 0.3 is 0 Å². The molecule has 0 saturated heterocycles. The molecule has 3 nitrogen and oxygen atoms in total. The van der Waals surface area contributed by atoms with Crippen LogP contribution in [0.2, 0.25) is 5.02 Å². The van der Waals surface area contributed by atoms with E-state index in [4.69, 9.17) is 26.8 Å². The molecule has 94 valence electrons. The van der Waals surface area contributed by atoms with Crippen LogP contribution in [0, 0.1) is 0 Å². The number of methoxy groups -OCH3 is 1. The van der Waals surface area contributed by atoms with Crippen molar-refractivity contribution < 1.29 is 9.47 Å². The zero-order valence-electron chi connectivity index (χ0n) is 10.0. The number of hydrogen-bond donors (Lipinski definition) is 1. The van der Waals surface area contributed by atoms with Crippen LogP contribution in [-0.2, 0) is 6.42 Å². The van der Waals surface area contributed by atoms with Gasteiger partial charge in [-0.15, -0.1) is 6.58 Å². The van der Waals surface area contributed by atoms with Crippen molar-refractivity contribution in [2.75, 3.05) is 20.3 Å². The molecule has 0 saturated carbocycles. The first-order chi connectivity index (χ1) is 8.22. The maximum Gasteiger partial charge on any atom is 0.164 e. The SMILES string of the molecule is C=CCCOc1c(CCN)cc(Cl)cc1OC. The molecular formula is C13H18ClNO2. The zero-order valence-corrected chi connectivity index (χ0v) is 10.8. The molecule has 1 aromatic carbocycles. The highest BCUT2D eigenvalue weighted by Gasteiger charge is 2.12. The monoisotopic (exact) mass is 255 g/mol. The van der Waals surface area contributed by atoms with E-state index in [9.17, 15) is 0 Å². The summed E-state index contributed by atoms with van der Waals surface area (Å²) < 4.78 is 11.0. The maximum atomic E-state index is 6.01. The lowest BCUT2D eigenvalue weighted by atomic mass is 10.1. The van der Waals surface area contributed by atoms with Gasteiger partial charge < -0.3 is 15.2 Å². The van der Waals surface area contributed by atoms with E-state index < -0.39 is 0 Å². The van der Waals surface area contributed by atoms with E-state index in [1.165, 1.54) is 0 Å². The molecular weight excluding hydrogens is 238 g/mol. The second-order valence-corrected chi connectivity index (χ2v) is 4.00. The van der Waals surface area contributed by atoms with Gasteiger partial charge in [0.15, 0.2) is 11.5 Å². The summed E-state index contributed by atoms with van der Waals surface area (Å²) in [6.07, 6.45) is 3.30. The van der Waals surface area contributed by atoms with Gasteiger partial charge in [-0.05, 0) is 25.5 Å². The smallest absolute Gasteiger partial charge is 0.164 e. The molecule has 1 aromatic rings. The Labute approximate surface area is 107 Å². The van der Waals surface area contributed by atoms with Gasteiger partial charge in [0.25, 0.3) is 0 Å². The molecule has 2 N–H and O–H groups in total. The number of rotatable bonds is 7. The molecule has 0 spiro atoms. The minimum Gasteiger partial charge on any atom is -0.493 e. The van der Waals surface area contributed by atoms with Crippen LogP contribution in [0.3, 0.4) is 0 Å². The molecule has 0 aromatic heterocycles. The van der Waals surface area contributed by atoms with Crippen LogP contribution in [0.5, 0.6) is 11.5 Å². The van der Waals surface area contributed by atoms with E-state index in [0.29, 0.717) is 30.3 Å². The van der Waals surface area contributed by atoms with Crippen molar-refractivity contribution in [2.24, 2.45) is 5.73 Å². The largest absolute Gasteiger partial charge is 0.493 e. The predicted molar refractivity (Wildman–Crippen MR) is 71.1 cm³/mol. The van der Waals surface area contributed by atoms with Crippen molar-refractivity contribution in [1.29, 1.82) is 0 Å². The van der Waals surface area contributed by atoms with Crippen LogP contribution in [0.4, 0.5) is 0 Å². The molecule has 0 aliphatic rings. The fraction of sp³-hybridized carbons (Fsp3) is 0.385. The maximum absolute atomic E-state index is 6.01. The van der Waals surface area contributed by atoms with E-state index >= 15 is 0 Å². The van der Waals surface area contributed by atoms with E-state index in [1.54, 1.807) is 13.2 Å². The van der Waals surface area contributed by atoms with E-state index in [0.717, 1.165) is 17.7 Å². The van der Waals surface area contributed by atoms with Gasteiger partial charge in [0.2, 0.25) is 0 Å². The lowest BCUT2D eigenvalue weighted by Gasteiger charge is -2.15. The minimum absolute atomic E-state index is 0.543. The number of benzene rings is 1. The molecule has 0 aliphatic heterocycles. The molecule has 0 radical (unpaired) electrons. The van der Waals surface area contributed by atoms with Crippen LogP contribution < -0.4 is 15.2 Å². The van der Waals surface area contributed by atoms with E-state index in [2.05, 4.69) is 6.58 Å². The fourth-order valence-electron chi connectivity index (χ4n) is 1.52. The molecule has 1 rings (SSSR count). The van der Waals surface area contributed by atoms with Gasteiger partial charge in [-0.3, -0.25) is 0 Å². The summed E-state index contributed by atoms with van der Waals surface area (Å²) in [5.74, 6) is 1.37. The summed E-state index contributed by atoms with van der Waals surface area (Å²) >= 11 is 6.01. The normalized spacial score (nSPS) is 10.1. The van der Waals surface area contributed by atoms with Gasteiger partial charge in [0.1, 0.15) is 0 Å². The van der Waals surface area contributed by atoms with Gasteiger partial charge in [0, 0.05) is 16.7 Å². The van der Waals surface area contributed by atoms with E-state index in [1.807, 2.05) is 12.1 Å². The second kappa shape index (κ2) is 7.20. The lowest BCUT2D eigenvalue weighted by molar-refractivity contribution is 0.297. The summed E-state index contributed by atoms with van der Waals surface area (Å²) in [6.45, 7) is 4.77. The fourth-order valence-corrected chi connectivity index (χ4v) is 1.75. The highest BCUT2D eigenvalue weighted by Crippen LogP contribution is 2.35. The van der Waals surface area contributed by atoms with Crippen molar-refractivity contribution in [2.45, 2.75) is 12.8 Å². The van der Waals surface area contributed by atoms with E-state index in [-0.39, 0.29) is 0 Å². The topological polar surface area (TPSA) is 44.5 Å². The van der Waals surface area contributed by atoms with Crippen LogP contribution in [-0.4, -0.2) is 20.3 Å². The summed E-state index contributed by atoms with van der Waals surface area (Å²) in [5.41, 5.74) is 6.54. The first-order valence-electron chi connectivity index (χ1n) is 5.53. The van der Waals surface area contributed by atoms with Gasteiger partial charge in [-0.2, -0.15) is 0 Å². The summed E-state index contributed by atoms with van der Waals surface area (Å²) in [6, 6.07) is 3.60. The molecule has 0 amide bonds. The molecule has 0 fully saturated rings. The molecule has 0 bridgehead atoms. The Bertz CT molecular complexity index is 380. The number of nitrogens with two attached hydrogens (primary N) is 1. The third-order valence-corrected chi connectivity index (χ3v) is 2.52. The predicted octanol–water partition coefficient (Wildman–Crippen LogP) is 2.80.